The van der Waals surface area contributed by atoms with Crippen LogP contribution in [0.5, 0.6) is 0 Å². The molecule has 1 aromatic carbocycles. The standard InChI is InChI=1S/C14H16N2O4S/c1-10-3-2-4-13(12(10)9-15)21(19,20)16-7-5-11(6-8-16)14(17)18/h2-4,11H,5-8H2,1H3,(H,17,18). The highest BCUT2D eigenvalue weighted by Gasteiger charge is 2.33. The van der Waals surface area contributed by atoms with E-state index in [1.807, 2.05) is 6.07 Å². The first-order valence-electron chi connectivity index (χ1n) is 6.60. The van der Waals surface area contributed by atoms with Crippen molar-refractivity contribution < 1.29 is 18.3 Å². The molecule has 0 spiro atoms. The highest BCUT2D eigenvalue weighted by Crippen LogP contribution is 2.26. The summed E-state index contributed by atoms with van der Waals surface area (Å²) in [7, 11) is -3.76. The molecule has 1 fully saturated rings. The van der Waals surface area contributed by atoms with Crippen molar-refractivity contribution in [3.63, 3.8) is 0 Å². The number of hydrogen-bond donors (Lipinski definition) is 1. The number of aliphatic carboxylic acids is 1. The molecule has 0 amide bonds. The van der Waals surface area contributed by atoms with Gasteiger partial charge in [0.2, 0.25) is 10.0 Å². The Morgan fingerprint density at radius 3 is 2.52 bits per heavy atom. The molecule has 1 saturated heterocycles. The molecule has 7 heteroatoms. The average molecular weight is 308 g/mol. The van der Waals surface area contributed by atoms with E-state index in [9.17, 15) is 13.2 Å². The average Bonchev–Trinajstić information content (AvgIpc) is 2.47. The van der Waals surface area contributed by atoms with Crippen LogP contribution >= 0.6 is 0 Å². The lowest BCUT2D eigenvalue weighted by Crippen LogP contribution is -2.40. The normalized spacial score (nSPS) is 17.3. The number of piperidine rings is 1. The van der Waals surface area contributed by atoms with Gasteiger partial charge in [0.1, 0.15) is 11.0 Å². The lowest BCUT2D eigenvalue weighted by atomic mass is 9.99. The molecule has 1 N–H and O–H groups in total. The van der Waals surface area contributed by atoms with Crippen LogP contribution in [0, 0.1) is 24.2 Å². The van der Waals surface area contributed by atoms with E-state index in [-0.39, 0.29) is 23.5 Å². The number of rotatable bonds is 3. The Balaban J connectivity index is 2.31. The number of nitriles is 1. The maximum atomic E-state index is 12.6. The highest BCUT2D eigenvalue weighted by atomic mass is 32.2. The van der Waals surface area contributed by atoms with Crippen molar-refractivity contribution in [2.75, 3.05) is 13.1 Å². The zero-order valence-electron chi connectivity index (χ0n) is 11.6. The molecule has 0 aliphatic carbocycles. The third-order valence-corrected chi connectivity index (χ3v) is 5.71. The predicted molar refractivity (Wildman–Crippen MR) is 75.0 cm³/mol. The first-order valence-corrected chi connectivity index (χ1v) is 8.04. The van der Waals surface area contributed by atoms with Gasteiger partial charge >= 0.3 is 5.97 Å². The lowest BCUT2D eigenvalue weighted by molar-refractivity contribution is -0.142. The monoisotopic (exact) mass is 308 g/mol. The van der Waals surface area contributed by atoms with Gasteiger partial charge in [-0.25, -0.2) is 8.42 Å². The summed E-state index contributed by atoms with van der Waals surface area (Å²) >= 11 is 0. The molecule has 21 heavy (non-hydrogen) atoms. The van der Waals surface area contributed by atoms with Crippen molar-refractivity contribution in [3.8, 4) is 6.07 Å². The Bertz CT molecular complexity index is 698. The van der Waals surface area contributed by atoms with Gasteiger partial charge in [-0.15, -0.1) is 0 Å². The second kappa shape index (κ2) is 5.84. The van der Waals surface area contributed by atoms with E-state index in [4.69, 9.17) is 10.4 Å². The number of benzene rings is 1. The predicted octanol–water partition coefficient (Wildman–Crippen LogP) is 1.35. The highest BCUT2D eigenvalue weighted by molar-refractivity contribution is 7.89. The molecular formula is C14H16N2O4S. The number of hydrogen-bond acceptors (Lipinski definition) is 4. The minimum Gasteiger partial charge on any atom is -0.481 e. The molecular weight excluding hydrogens is 292 g/mol. The molecule has 0 unspecified atom stereocenters. The van der Waals surface area contributed by atoms with Crippen LogP contribution < -0.4 is 0 Å². The molecule has 112 valence electrons. The Hall–Kier alpha value is -1.91. The SMILES string of the molecule is Cc1cccc(S(=O)(=O)N2CCC(C(=O)O)CC2)c1C#N. The Kier molecular flexibility index (Phi) is 4.30. The van der Waals surface area contributed by atoms with Crippen LogP contribution in [0.2, 0.25) is 0 Å². The van der Waals surface area contributed by atoms with E-state index in [1.54, 1.807) is 19.1 Å². The summed E-state index contributed by atoms with van der Waals surface area (Å²) in [5.74, 6) is -1.38. The fourth-order valence-corrected chi connectivity index (χ4v) is 4.17. The van der Waals surface area contributed by atoms with Crippen molar-refractivity contribution >= 4 is 16.0 Å². The van der Waals surface area contributed by atoms with Crippen molar-refractivity contribution in [2.24, 2.45) is 5.92 Å². The number of carbonyl (C=O) groups is 1. The zero-order valence-corrected chi connectivity index (χ0v) is 12.4. The van der Waals surface area contributed by atoms with Crippen molar-refractivity contribution in [2.45, 2.75) is 24.7 Å². The molecule has 6 nitrogen and oxygen atoms in total. The number of sulfonamides is 1. The molecule has 1 aromatic rings. The number of carboxylic acid groups (broad SMARTS) is 1. The van der Waals surface area contributed by atoms with E-state index < -0.39 is 21.9 Å². The Labute approximate surface area is 123 Å². The third kappa shape index (κ3) is 2.91. The van der Waals surface area contributed by atoms with Gasteiger partial charge in [0, 0.05) is 13.1 Å². The van der Waals surface area contributed by atoms with Crippen LogP contribution in [0.15, 0.2) is 23.1 Å². The first-order chi connectivity index (χ1) is 9.87. The quantitative estimate of drug-likeness (QED) is 0.908. The molecule has 1 aliphatic heterocycles. The van der Waals surface area contributed by atoms with E-state index >= 15 is 0 Å². The van der Waals surface area contributed by atoms with Gasteiger partial charge in [-0.2, -0.15) is 9.57 Å². The van der Waals surface area contributed by atoms with Crippen LogP contribution in [0.3, 0.4) is 0 Å². The number of carboxylic acids is 1. The maximum absolute atomic E-state index is 12.6. The lowest BCUT2D eigenvalue weighted by Gasteiger charge is -2.29. The minimum absolute atomic E-state index is 0.00113. The molecule has 1 aliphatic rings. The van der Waals surface area contributed by atoms with Crippen LogP contribution in [-0.2, 0) is 14.8 Å². The number of nitrogens with zero attached hydrogens (tertiary/aromatic N) is 2. The maximum Gasteiger partial charge on any atom is 0.306 e. The molecule has 0 atom stereocenters. The van der Waals surface area contributed by atoms with Gasteiger partial charge in [0.05, 0.1) is 11.5 Å². The smallest absolute Gasteiger partial charge is 0.306 e. The largest absolute Gasteiger partial charge is 0.481 e. The summed E-state index contributed by atoms with van der Waals surface area (Å²) in [5, 5.41) is 18.1. The molecule has 0 radical (unpaired) electrons. The van der Waals surface area contributed by atoms with Gasteiger partial charge < -0.3 is 5.11 Å². The van der Waals surface area contributed by atoms with Crippen molar-refractivity contribution in [1.29, 1.82) is 5.26 Å². The van der Waals surface area contributed by atoms with Crippen LogP contribution in [0.4, 0.5) is 0 Å². The summed E-state index contributed by atoms with van der Waals surface area (Å²) in [6.45, 7) is 2.02. The zero-order chi connectivity index (χ0) is 15.6. The van der Waals surface area contributed by atoms with Crippen LogP contribution in [-0.4, -0.2) is 36.9 Å². The second-order valence-electron chi connectivity index (χ2n) is 5.08. The van der Waals surface area contributed by atoms with Crippen LogP contribution in [0.25, 0.3) is 0 Å². The molecule has 1 heterocycles. The summed E-state index contributed by atoms with van der Waals surface area (Å²) < 4.78 is 26.5. The molecule has 0 saturated carbocycles. The molecule has 0 bridgehead atoms. The molecule has 0 aromatic heterocycles. The summed E-state index contributed by atoms with van der Waals surface area (Å²) in [4.78, 5) is 10.9. The van der Waals surface area contributed by atoms with Crippen molar-refractivity contribution in [3.05, 3.63) is 29.3 Å². The van der Waals surface area contributed by atoms with Gasteiger partial charge in [0.25, 0.3) is 0 Å². The molecule has 2 rings (SSSR count). The van der Waals surface area contributed by atoms with Crippen molar-refractivity contribution in [1.82, 2.24) is 4.31 Å². The number of aryl methyl sites for hydroxylation is 1. The van der Waals surface area contributed by atoms with Gasteiger partial charge in [-0.1, -0.05) is 12.1 Å². The van der Waals surface area contributed by atoms with Crippen LogP contribution in [0.1, 0.15) is 24.0 Å². The minimum atomic E-state index is -3.76. The summed E-state index contributed by atoms with van der Waals surface area (Å²) in [5.41, 5.74) is 0.761. The fourth-order valence-electron chi connectivity index (χ4n) is 2.48. The Morgan fingerprint density at radius 1 is 1.38 bits per heavy atom. The van der Waals surface area contributed by atoms with E-state index in [0.29, 0.717) is 18.4 Å². The second-order valence-corrected chi connectivity index (χ2v) is 6.98. The Morgan fingerprint density at radius 2 is 2.00 bits per heavy atom. The van der Waals surface area contributed by atoms with Gasteiger partial charge in [0.15, 0.2) is 0 Å². The van der Waals surface area contributed by atoms with Gasteiger partial charge in [-0.05, 0) is 31.4 Å². The van der Waals surface area contributed by atoms with Gasteiger partial charge in [-0.3, -0.25) is 4.79 Å². The van der Waals surface area contributed by atoms with E-state index in [1.165, 1.54) is 10.4 Å². The topological polar surface area (TPSA) is 98.5 Å². The van der Waals surface area contributed by atoms with E-state index in [2.05, 4.69) is 0 Å². The van der Waals surface area contributed by atoms with E-state index in [0.717, 1.165) is 0 Å². The summed E-state index contributed by atoms with van der Waals surface area (Å²) in [6.07, 6.45) is 0.588. The first kappa shape index (κ1) is 15.5. The summed E-state index contributed by atoms with van der Waals surface area (Å²) in [6, 6.07) is 6.65. The third-order valence-electron chi connectivity index (χ3n) is 3.77. The fraction of sp³-hybridized carbons (Fsp3) is 0.429.